The van der Waals surface area contributed by atoms with Crippen molar-refractivity contribution in [3.05, 3.63) is 57.3 Å². The van der Waals surface area contributed by atoms with Crippen LogP contribution in [0.25, 0.3) is 0 Å². The average molecular weight is 374 g/mol. The van der Waals surface area contributed by atoms with Crippen molar-refractivity contribution in [2.75, 3.05) is 0 Å². The Bertz CT molecular complexity index is 813. The Morgan fingerprint density at radius 2 is 1.81 bits per heavy atom. The monoisotopic (exact) mass is 374 g/mol. The molecule has 2 aromatic rings. The summed E-state index contributed by atoms with van der Waals surface area (Å²) in [6.07, 6.45) is 0. The van der Waals surface area contributed by atoms with Gasteiger partial charge in [-0.3, -0.25) is 9.59 Å². The molecule has 0 bridgehead atoms. The smallest absolute Gasteiger partial charge is 0.345 e. The molecule has 3 N–H and O–H groups in total. The van der Waals surface area contributed by atoms with E-state index in [9.17, 15) is 14.4 Å². The van der Waals surface area contributed by atoms with E-state index in [0.29, 0.717) is 5.56 Å². The molecule has 1 aromatic heterocycles. The first-order valence-corrected chi connectivity index (χ1v) is 9.07. The van der Waals surface area contributed by atoms with Crippen LogP contribution in [0.2, 0.25) is 0 Å². The zero-order valence-corrected chi connectivity index (χ0v) is 15.7. The molecular formula is C19H22N2O4S. The van der Waals surface area contributed by atoms with Crippen LogP contribution in [0, 0.1) is 12.8 Å². The number of aryl methyl sites for hydroxylation is 1. The number of carbonyl (C=O) groups is 3. The highest BCUT2D eigenvalue weighted by molar-refractivity contribution is 7.13. The van der Waals surface area contributed by atoms with Crippen LogP contribution in [0.3, 0.4) is 0 Å². The van der Waals surface area contributed by atoms with Crippen molar-refractivity contribution in [3.63, 3.8) is 0 Å². The van der Waals surface area contributed by atoms with Crippen molar-refractivity contribution >= 4 is 29.1 Å². The van der Waals surface area contributed by atoms with Crippen molar-refractivity contribution < 1.29 is 19.5 Å². The second kappa shape index (κ2) is 8.62. The van der Waals surface area contributed by atoms with E-state index in [4.69, 9.17) is 5.11 Å². The van der Waals surface area contributed by atoms with Crippen LogP contribution in [0.1, 0.15) is 44.3 Å². The summed E-state index contributed by atoms with van der Waals surface area (Å²) in [7, 11) is 0. The summed E-state index contributed by atoms with van der Waals surface area (Å²) in [4.78, 5) is 36.9. The maximum Gasteiger partial charge on any atom is 0.345 e. The second-order valence-corrected chi connectivity index (χ2v) is 7.47. The van der Waals surface area contributed by atoms with Crippen LogP contribution in [0.4, 0.5) is 0 Å². The van der Waals surface area contributed by atoms with Gasteiger partial charge in [0.25, 0.3) is 5.91 Å². The highest BCUT2D eigenvalue weighted by Gasteiger charge is 2.25. The average Bonchev–Trinajstić information content (AvgIpc) is 3.07. The minimum absolute atomic E-state index is 0.0964. The first-order valence-electron chi connectivity index (χ1n) is 8.25. The maximum absolute atomic E-state index is 12.5. The summed E-state index contributed by atoms with van der Waals surface area (Å²) in [6, 6.07) is 9.70. The Labute approximate surface area is 156 Å². The van der Waals surface area contributed by atoms with Crippen molar-refractivity contribution in [3.8, 4) is 0 Å². The lowest BCUT2D eigenvalue weighted by molar-refractivity contribution is -0.124. The van der Waals surface area contributed by atoms with Gasteiger partial charge in [-0.15, -0.1) is 11.3 Å². The molecule has 0 saturated carbocycles. The molecule has 0 saturated heterocycles. The van der Waals surface area contributed by atoms with Gasteiger partial charge in [0.05, 0.1) is 6.54 Å². The number of nitrogens with one attached hydrogen (secondary N) is 2. The summed E-state index contributed by atoms with van der Waals surface area (Å²) in [5.41, 5.74) is 1.38. The molecule has 1 atom stereocenters. The predicted octanol–water partition coefficient (Wildman–Crippen LogP) is 2.83. The van der Waals surface area contributed by atoms with Crippen molar-refractivity contribution in [2.45, 2.75) is 33.4 Å². The van der Waals surface area contributed by atoms with E-state index in [1.807, 2.05) is 32.9 Å². The van der Waals surface area contributed by atoms with Gasteiger partial charge in [0.2, 0.25) is 5.91 Å². The predicted molar refractivity (Wildman–Crippen MR) is 100 cm³/mol. The minimum Gasteiger partial charge on any atom is -0.477 e. The van der Waals surface area contributed by atoms with Gasteiger partial charge < -0.3 is 15.7 Å². The number of hydrogen-bond donors (Lipinski definition) is 3. The van der Waals surface area contributed by atoms with Crippen LogP contribution in [-0.4, -0.2) is 28.9 Å². The first-order chi connectivity index (χ1) is 12.3. The van der Waals surface area contributed by atoms with Crippen LogP contribution < -0.4 is 10.6 Å². The minimum atomic E-state index is -0.988. The van der Waals surface area contributed by atoms with Crippen LogP contribution >= 0.6 is 11.3 Å². The molecule has 7 heteroatoms. The molecule has 0 aliphatic heterocycles. The zero-order chi connectivity index (χ0) is 19.3. The fourth-order valence-corrected chi connectivity index (χ4v) is 3.24. The summed E-state index contributed by atoms with van der Waals surface area (Å²) in [6.45, 7) is 5.78. The van der Waals surface area contributed by atoms with Gasteiger partial charge in [-0.05, 0) is 36.6 Å². The Morgan fingerprint density at radius 3 is 2.38 bits per heavy atom. The van der Waals surface area contributed by atoms with Gasteiger partial charge in [0, 0.05) is 10.4 Å². The lowest BCUT2D eigenvalue weighted by Crippen LogP contribution is -2.49. The van der Waals surface area contributed by atoms with E-state index in [1.54, 1.807) is 18.2 Å². The lowest BCUT2D eigenvalue weighted by Gasteiger charge is -2.22. The number of carboxylic acids is 1. The normalized spacial score (nSPS) is 11.8. The molecule has 0 radical (unpaired) electrons. The summed E-state index contributed by atoms with van der Waals surface area (Å²) in [5.74, 6) is -1.67. The molecule has 1 unspecified atom stereocenters. The molecule has 0 aliphatic rings. The fraction of sp³-hybridized carbons (Fsp3) is 0.316. The number of amides is 2. The third kappa shape index (κ3) is 4.92. The molecule has 138 valence electrons. The van der Waals surface area contributed by atoms with E-state index in [-0.39, 0.29) is 29.2 Å². The van der Waals surface area contributed by atoms with Crippen molar-refractivity contribution in [2.24, 2.45) is 5.92 Å². The zero-order valence-electron chi connectivity index (χ0n) is 14.9. The van der Waals surface area contributed by atoms with E-state index in [2.05, 4.69) is 10.6 Å². The van der Waals surface area contributed by atoms with E-state index < -0.39 is 12.0 Å². The largest absolute Gasteiger partial charge is 0.477 e. The SMILES string of the molecule is Cc1ccccc1C(=O)NC(C(=O)NCc1ccc(C(=O)O)s1)C(C)C. The molecule has 1 aromatic carbocycles. The van der Waals surface area contributed by atoms with Gasteiger partial charge in [0.1, 0.15) is 10.9 Å². The summed E-state index contributed by atoms with van der Waals surface area (Å²) >= 11 is 1.11. The number of carbonyl (C=O) groups excluding carboxylic acids is 2. The molecule has 2 rings (SSSR count). The van der Waals surface area contributed by atoms with Crippen molar-refractivity contribution in [1.82, 2.24) is 10.6 Å². The Hall–Kier alpha value is -2.67. The fourth-order valence-electron chi connectivity index (χ4n) is 2.45. The maximum atomic E-state index is 12.5. The number of aromatic carboxylic acids is 1. The van der Waals surface area contributed by atoms with Gasteiger partial charge in [0.15, 0.2) is 0 Å². The third-order valence-electron chi connectivity index (χ3n) is 3.93. The first kappa shape index (κ1) is 19.7. The topological polar surface area (TPSA) is 95.5 Å². The van der Waals surface area contributed by atoms with E-state index in [1.165, 1.54) is 6.07 Å². The molecule has 1 heterocycles. The van der Waals surface area contributed by atoms with Crippen LogP contribution in [0.5, 0.6) is 0 Å². The molecule has 6 nitrogen and oxygen atoms in total. The Morgan fingerprint density at radius 1 is 1.12 bits per heavy atom. The van der Waals surface area contributed by atoms with Gasteiger partial charge >= 0.3 is 5.97 Å². The number of hydrogen-bond acceptors (Lipinski definition) is 4. The molecule has 0 aliphatic carbocycles. The molecule has 0 fully saturated rings. The number of carboxylic acid groups (broad SMARTS) is 1. The highest BCUT2D eigenvalue weighted by atomic mass is 32.1. The summed E-state index contributed by atoms with van der Waals surface area (Å²) in [5, 5.41) is 14.5. The number of rotatable bonds is 7. The summed E-state index contributed by atoms with van der Waals surface area (Å²) < 4.78 is 0. The van der Waals surface area contributed by atoms with Crippen LogP contribution in [0.15, 0.2) is 36.4 Å². The molecule has 26 heavy (non-hydrogen) atoms. The lowest BCUT2D eigenvalue weighted by atomic mass is 10.0. The highest BCUT2D eigenvalue weighted by Crippen LogP contribution is 2.16. The Kier molecular flexibility index (Phi) is 6.52. The van der Waals surface area contributed by atoms with E-state index in [0.717, 1.165) is 21.8 Å². The van der Waals surface area contributed by atoms with E-state index >= 15 is 0 Å². The molecule has 2 amide bonds. The number of thiophene rings is 1. The van der Waals surface area contributed by atoms with Crippen LogP contribution in [-0.2, 0) is 11.3 Å². The standard InChI is InChI=1S/C19H22N2O4S/c1-11(2)16(21-17(22)14-7-5-4-6-12(14)3)18(23)20-10-13-8-9-15(26-13)19(24)25/h4-9,11,16H,10H2,1-3H3,(H,20,23)(H,21,22)(H,24,25). The van der Waals surface area contributed by atoms with Gasteiger partial charge in [-0.2, -0.15) is 0 Å². The second-order valence-electron chi connectivity index (χ2n) is 6.30. The third-order valence-corrected chi connectivity index (χ3v) is 5.01. The van der Waals surface area contributed by atoms with Crippen molar-refractivity contribution in [1.29, 1.82) is 0 Å². The van der Waals surface area contributed by atoms with Gasteiger partial charge in [-0.1, -0.05) is 32.0 Å². The molecular weight excluding hydrogens is 352 g/mol. The Balaban J connectivity index is 2.01. The molecule has 0 spiro atoms. The number of benzene rings is 1. The quantitative estimate of drug-likeness (QED) is 0.694. The van der Waals surface area contributed by atoms with Gasteiger partial charge in [-0.25, -0.2) is 4.79 Å².